The van der Waals surface area contributed by atoms with Gasteiger partial charge in [0.2, 0.25) is 0 Å². The lowest BCUT2D eigenvalue weighted by molar-refractivity contribution is 0.601. The molecule has 0 saturated carbocycles. The smallest absolute Gasteiger partial charge is 0.266 e. The quantitative estimate of drug-likeness (QED) is 0.429. The van der Waals surface area contributed by atoms with E-state index in [2.05, 4.69) is 33.9 Å². The van der Waals surface area contributed by atoms with Gasteiger partial charge in [-0.05, 0) is 24.3 Å². The molecule has 10 nitrogen and oxygen atoms in total. The zero-order valence-corrected chi connectivity index (χ0v) is 17.1. The molecule has 30 heavy (non-hydrogen) atoms. The molecule has 0 bridgehead atoms. The summed E-state index contributed by atoms with van der Waals surface area (Å²) in [5.74, 6) is 0.319. The van der Waals surface area contributed by atoms with E-state index in [0.29, 0.717) is 22.2 Å². The highest BCUT2D eigenvalue weighted by molar-refractivity contribution is 7.92. The number of aromatic nitrogens is 6. The Morgan fingerprint density at radius 3 is 2.40 bits per heavy atom. The molecule has 0 radical (unpaired) electrons. The molecule has 5 aromatic rings. The summed E-state index contributed by atoms with van der Waals surface area (Å²) in [6.07, 6.45) is 2.68. The summed E-state index contributed by atoms with van der Waals surface area (Å²) >= 11 is 1.10. The Balaban J connectivity index is 1.62. The van der Waals surface area contributed by atoms with E-state index < -0.39 is 10.0 Å². The number of fused-ring (bicyclic) bond motifs is 2. The number of hydrogen-bond acceptors (Lipinski definition) is 9. The SMILES string of the molecule is Cn1cc(S(=O)(=O)Nc2nc3ccccc3nc2Nc2cccc3nsnc23)cn1. The van der Waals surface area contributed by atoms with Crippen LogP contribution >= 0.6 is 11.7 Å². The van der Waals surface area contributed by atoms with Crippen LogP contribution in [-0.4, -0.2) is 36.9 Å². The average molecular weight is 438 g/mol. The van der Waals surface area contributed by atoms with Gasteiger partial charge in [0, 0.05) is 13.2 Å². The molecule has 150 valence electrons. The lowest BCUT2D eigenvalue weighted by Crippen LogP contribution is -2.15. The van der Waals surface area contributed by atoms with E-state index in [0.717, 1.165) is 17.2 Å². The molecule has 5 rings (SSSR count). The molecule has 0 aliphatic carbocycles. The fraction of sp³-hybridized carbons (Fsp3) is 0.0556. The normalized spacial score (nSPS) is 11.8. The van der Waals surface area contributed by atoms with E-state index in [1.807, 2.05) is 30.3 Å². The van der Waals surface area contributed by atoms with Gasteiger partial charge >= 0.3 is 0 Å². The minimum Gasteiger partial charge on any atom is -0.335 e. The van der Waals surface area contributed by atoms with Crippen LogP contribution in [0.4, 0.5) is 17.3 Å². The standard InChI is InChI=1S/C18H14N8O2S2/c1-26-10-11(9-19-26)30(27,28)25-18-17(20-12-5-2-3-6-13(12)21-18)22-14-7-4-8-15-16(14)24-29-23-15/h2-10H,1H3,(H,20,22)(H,21,25). The molecule has 12 heteroatoms. The monoisotopic (exact) mass is 438 g/mol. The number of sulfonamides is 1. The van der Waals surface area contributed by atoms with Crippen molar-refractivity contribution in [3.63, 3.8) is 0 Å². The van der Waals surface area contributed by atoms with Crippen molar-refractivity contribution in [1.82, 2.24) is 28.5 Å². The number of para-hydroxylation sites is 2. The third-order valence-electron chi connectivity index (χ3n) is 4.33. The maximum absolute atomic E-state index is 12.8. The Hall–Kier alpha value is -3.64. The van der Waals surface area contributed by atoms with Crippen LogP contribution in [0, 0.1) is 0 Å². The van der Waals surface area contributed by atoms with Gasteiger partial charge in [-0.15, -0.1) is 0 Å². The van der Waals surface area contributed by atoms with E-state index in [-0.39, 0.29) is 16.5 Å². The molecule has 3 heterocycles. The summed E-state index contributed by atoms with van der Waals surface area (Å²) in [5, 5.41) is 7.08. The summed E-state index contributed by atoms with van der Waals surface area (Å²) in [5.41, 5.74) is 3.22. The summed E-state index contributed by atoms with van der Waals surface area (Å²) < 4.78 is 38.2. The largest absolute Gasteiger partial charge is 0.335 e. The Bertz CT molecular complexity index is 1490. The van der Waals surface area contributed by atoms with E-state index in [4.69, 9.17) is 0 Å². The Kier molecular flexibility index (Phi) is 4.29. The highest BCUT2D eigenvalue weighted by atomic mass is 32.2. The van der Waals surface area contributed by atoms with E-state index >= 15 is 0 Å². The summed E-state index contributed by atoms with van der Waals surface area (Å²) in [7, 11) is -2.27. The van der Waals surface area contributed by atoms with Crippen molar-refractivity contribution in [3.05, 3.63) is 54.9 Å². The molecule has 0 aliphatic heterocycles. The third kappa shape index (κ3) is 3.31. The second-order valence-corrected chi connectivity index (χ2v) is 8.64. The van der Waals surface area contributed by atoms with Crippen LogP contribution < -0.4 is 10.0 Å². The molecule has 0 fully saturated rings. The summed E-state index contributed by atoms with van der Waals surface area (Å²) in [6.45, 7) is 0. The van der Waals surface area contributed by atoms with Crippen molar-refractivity contribution in [2.75, 3.05) is 10.0 Å². The van der Waals surface area contributed by atoms with Crippen LogP contribution in [0.5, 0.6) is 0 Å². The number of anilines is 3. The van der Waals surface area contributed by atoms with Crippen molar-refractivity contribution in [2.45, 2.75) is 4.90 Å². The highest BCUT2D eigenvalue weighted by Crippen LogP contribution is 2.30. The van der Waals surface area contributed by atoms with Crippen LogP contribution in [0.2, 0.25) is 0 Å². The Labute approximate surface area is 175 Å². The molecule has 2 N–H and O–H groups in total. The summed E-state index contributed by atoms with van der Waals surface area (Å²) in [4.78, 5) is 9.08. The molecule has 0 unspecified atom stereocenters. The van der Waals surface area contributed by atoms with Crippen molar-refractivity contribution in [3.8, 4) is 0 Å². The van der Waals surface area contributed by atoms with Crippen LogP contribution in [0.3, 0.4) is 0 Å². The van der Waals surface area contributed by atoms with Crippen LogP contribution in [0.15, 0.2) is 59.8 Å². The number of nitrogens with zero attached hydrogens (tertiary/aromatic N) is 6. The first-order valence-corrected chi connectivity index (χ1v) is 11.0. The predicted molar refractivity (Wildman–Crippen MR) is 114 cm³/mol. The number of rotatable bonds is 5. The van der Waals surface area contributed by atoms with Crippen molar-refractivity contribution in [1.29, 1.82) is 0 Å². The van der Waals surface area contributed by atoms with Gasteiger partial charge in [0.25, 0.3) is 10.0 Å². The number of benzene rings is 2. The van der Waals surface area contributed by atoms with E-state index in [9.17, 15) is 8.42 Å². The molecule has 0 atom stereocenters. The molecule has 0 amide bonds. The number of nitrogens with one attached hydrogen (secondary N) is 2. The van der Waals surface area contributed by atoms with Gasteiger partial charge in [-0.2, -0.15) is 13.8 Å². The van der Waals surface area contributed by atoms with Crippen LogP contribution in [0.1, 0.15) is 0 Å². The van der Waals surface area contributed by atoms with E-state index in [1.165, 1.54) is 17.1 Å². The minimum atomic E-state index is -3.91. The zero-order valence-electron chi connectivity index (χ0n) is 15.5. The van der Waals surface area contributed by atoms with E-state index in [1.54, 1.807) is 19.2 Å². The second-order valence-electron chi connectivity index (χ2n) is 6.43. The molecule has 0 aliphatic rings. The fourth-order valence-electron chi connectivity index (χ4n) is 2.92. The topological polar surface area (TPSA) is 128 Å². The van der Waals surface area contributed by atoms with Gasteiger partial charge in [0.15, 0.2) is 11.6 Å². The maximum Gasteiger partial charge on any atom is 0.266 e. The Morgan fingerprint density at radius 1 is 0.933 bits per heavy atom. The summed E-state index contributed by atoms with van der Waals surface area (Å²) in [6, 6.07) is 12.7. The minimum absolute atomic E-state index is 0.0247. The first-order chi connectivity index (χ1) is 14.5. The van der Waals surface area contributed by atoms with Crippen molar-refractivity contribution >= 4 is 61.1 Å². The Morgan fingerprint density at radius 2 is 1.67 bits per heavy atom. The maximum atomic E-state index is 12.8. The van der Waals surface area contributed by atoms with Crippen LogP contribution in [0.25, 0.3) is 22.1 Å². The molecular formula is C18H14N8O2S2. The molecule has 2 aromatic carbocycles. The first kappa shape index (κ1) is 18.4. The van der Waals surface area contributed by atoms with Gasteiger partial charge < -0.3 is 5.32 Å². The predicted octanol–water partition coefficient (Wildman–Crippen LogP) is 2.91. The lowest BCUT2D eigenvalue weighted by atomic mass is 10.2. The van der Waals surface area contributed by atoms with Gasteiger partial charge in [0.05, 0.1) is 34.6 Å². The van der Waals surface area contributed by atoms with Gasteiger partial charge in [-0.3, -0.25) is 9.40 Å². The first-order valence-electron chi connectivity index (χ1n) is 8.76. The molecule has 3 aromatic heterocycles. The molecule has 0 saturated heterocycles. The number of hydrogen-bond donors (Lipinski definition) is 2. The third-order valence-corrected chi connectivity index (χ3v) is 6.17. The van der Waals surface area contributed by atoms with Crippen LogP contribution in [-0.2, 0) is 17.1 Å². The zero-order chi connectivity index (χ0) is 20.7. The average Bonchev–Trinajstić information content (AvgIpc) is 3.38. The van der Waals surface area contributed by atoms with Crippen molar-refractivity contribution in [2.24, 2.45) is 7.05 Å². The van der Waals surface area contributed by atoms with Crippen molar-refractivity contribution < 1.29 is 8.42 Å². The molecule has 0 spiro atoms. The van der Waals surface area contributed by atoms with Gasteiger partial charge in [-0.1, -0.05) is 18.2 Å². The number of aryl methyl sites for hydroxylation is 1. The lowest BCUT2D eigenvalue weighted by Gasteiger charge is -2.13. The van der Waals surface area contributed by atoms with Gasteiger partial charge in [0.1, 0.15) is 15.9 Å². The fourth-order valence-corrected chi connectivity index (χ4v) is 4.46. The van der Waals surface area contributed by atoms with Gasteiger partial charge in [-0.25, -0.2) is 18.4 Å². The highest BCUT2D eigenvalue weighted by Gasteiger charge is 2.21. The molecular weight excluding hydrogens is 424 g/mol. The second kappa shape index (κ2) is 7.00.